The highest BCUT2D eigenvalue weighted by Crippen LogP contribution is 2.31. The van der Waals surface area contributed by atoms with Crippen molar-refractivity contribution in [1.29, 1.82) is 0 Å². The van der Waals surface area contributed by atoms with Crippen LogP contribution >= 0.6 is 0 Å². The molecule has 11 nitrogen and oxygen atoms in total. The number of hydrazone groups is 1. The van der Waals surface area contributed by atoms with Crippen LogP contribution in [-0.2, 0) is 0 Å². The van der Waals surface area contributed by atoms with Crippen LogP contribution in [0.25, 0.3) is 0 Å². The Bertz CT molecular complexity index is 771. The number of phenols is 2. The molecule has 2 aromatic rings. The molecule has 0 saturated heterocycles. The van der Waals surface area contributed by atoms with Crippen molar-refractivity contribution >= 4 is 17.7 Å². The number of nitro groups is 1. The van der Waals surface area contributed by atoms with Gasteiger partial charge in [0.15, 0.2) is 11.6 Å². The second kappa shape index (κ2) is 5.64. The fourth-order valence-corrected chi connectivity index (χ4v) is 1.37. The van der Waals surface area contributed by atoms with Crippen molar-refractivity contribution in [1.82, 2.24) is 15.2 Å². The number of phenolic OH excluding ortho intramolecular Hbond substituents is 2. The number of H-pyrrole nitrogens is 1. The standard InChI is InChI=1S/C10H8N6O5/c17-7-2-8(18)6(16(20)21)1-5(7)3-11-14-9-4-12-15-10(19)13-9/h1-4,17-18H,(H2,13,14,15,19)/b11-3+. The molecule has 0 saturated carbocycles. The average Bonchev–Trinajstić information content (AvgIpc) is 2.41. The number of aromatic nitrogens is 3. The third-order valence-corrected chi connectivity index (χ3v) is 2.27. The Balaban J connectivity index is 2.23. The summed E-state index contributed by atoms with van der Waals surface area (Å²) in [5, 5.41) is 38.7. The largest absolute Gasteiger partial charge is 0.507 e. The Morgan fingerprint density at radius 3 is 2.81 bits per heavy atom. The van der Waals surface area contributed by atoms with E-state index in [1.807, 2.05) is 0 Å². The molecule has 0 fully saturated rings. The summed E-state index contributed by atoms with van der Waals surface area (Å²) < 4.78 is 0. The van der Waals surface area contributed by atoms with Gasteiger partial charge in [-0.1, -0.05) is 0 Å². The van der Waals surface area contributed by atoms with Crippen molar-refractivity contribution in [2.75, 3.05) is 5.43 Å². The lowest BCUT2D eigenvalue weighted by atomic mass is 10.2. The van der Waals surface area contributed by atoms with E-state index in [0.29, 0.717) is 0 Å². The van der Waals surface area contributed by atoms with Gasteiger partial charge in [0.1, 0.15) is 5.75 Å². The zero-order chi connectivity index (χ0) is 15.4. The van der Waals surface area contributed by atoms with E-state index in [1.165, 1.54) is 6.20 Å². The summed E-state index contributed by atoms with van der Waals surface area (Å²) >= 11 is 0. The van der Waals surface area contributed by atoms with Crippen LogP contribution in [0.15, 0.2) is 28.2 Å². The molecule has 0 aliphatic rings. The third kappa shape index (κ3) is 3.28. The fourth-order valence-electron chi connectivity index (χ4n) is 1.37. The molecule has 0 bridgehead atoms. The van der Waals surface area contributed by atoms with Gasteiger partial charge in [0.25, 0.3) is 0 Å². The molecule has 11 heteroatoms. The molecule has 0 unspecified atom stereocenters. The number of nitro benzene ring substituents is 1. The number of rotatable bonds is 4. The van der Waals surface area contributed by atoms with Gasteiger partial charge in [0.2, 0.25) is 0 Å². The van der Waals surface area contributed by atoms with E-state index in [9.17, 15) is 25.1 Å². The predicted molar refractivity (Wildman–Crippen MR) is 70.3 cm³/mol. The van der Waals surface area contributed by atoms with Crippen LogP contribution in [0.5, 0.6) is 11.5 Å². The van der Waals surface area contributed by atoms with E-state index < -0.39 is 27.8 Å². The van der Waals surface area contributed by atoms with Gasteiger partial charge in [-0.15, -0.1) is 0 Å². The predicted octanol–water partition coefficient (Wildman–Crippen LogP) is -0.0697. The molecule has 0 spiro atoms. The first-order chi connectivity index (χ1) is 9.97. The third-order valence-electron chi connectivity index (χ3n) is 2.27. The Morgan fingerprint density at radius 1 is 1.38 bits per heavy atom. The van der Waals surface area contributed by atoms with E-state index in [4.69, 9.17) is 0 Å². The van der Waals surface area contributed by atoms with Gasteiger partial charge in [-0.25, -0.2) is 9.89 Å². The first kappa shape index (κ1) is 13.9. The summed E-state index contributed by atoms with van der Waals surface area (Å²) in [6, 6.07) is 1.77. The van der Waals surface area contributed by atoms with Crippen molar-refractivity contribution in [2.45, 2.75) is 0 Å². The number of nitrogens with one attached hydrogen (secondary N) is 2. The maximum absolute atomic E-state index is 10.9. The minimum Gasteiger partial charge on any atom is -0.507 e. The topological polar surface area (TPSA) is 167 Å². The maximum Gasteiger partial charge on any atom is 0.363 e. The summed E-state index contributed by atoms with van der Waals surface area (Å²) in [5.41, 5.74) is 1.09. The lowest BCUT2D eigenvalue weighted by Gasteiger charge is -2.01. The van der Waals surface area contributed by atoms with Gasteiger partial charge in [-0.05, 0) is 0 Å². The average molecular weight is 292 g/mol. The first-order valence-electron chi connectivity index (χ1n) is 5.38. The number of benzene rings is 1. The van der Waals surface area contributed by atoms with E-state index in [-0.39, 0.29) is 11.4 Å². The molecule has 2 rings (SSSR count). The van der Waals surface area contributed by atoms with E-state index >= 15 is 0 Å². The van der Waals surface area contributed by atoms with Crippen LogP contribution in [0.3, 0.4) is 0 Å². The zero-order valence-electron chi connectivity index (χ0n) is 10.2. The van der Waals surface area contributed by atoms with Crippen molar-refractivity contribution in [3.63, 3.8) is 0 Å². The molecule has 1 heterocycles. The fraction of sp³-hybridized carbons (Fsp3) is 0. The molecular weight excluding hydrogens is 284 g/mol. The minimum atomic E-state index is -0.804. The highest BCUT2D eigenvalue weighted by atomic mass is 16.6. The zero-order valence-corrected chi connectivity index (χ0v) is 10.2. The minimum absolute atomic E-state index is 0.00944. The van der Waals surface area contributed by atoms with Crippen LogP contribution in [0.1, 0.15) is 5.56 Å². The normalized spacial score (nSPS) is 10.7. The van der Waals surface area contributed by atoms with Crippen LogP contribution in [0.2, 0.25) is 0 Å². The molecule has 0 amide bonds. The summed E-state index contributed by atoms with van der Waals surface area (Å²) in [7, 11) is 0. The molecule has 108 valence electrons. The number of hydrogen-bond donors (Lipinski definition) is 4. The highest BCUT2D eigenvalue weighted by Gasteiger charge is 2.16. The van der Waals surface area contributed by atoms with Gasteiger partial charge in [0.05, 0.1) is 17.3 Å². The van der Waals surface area contributed by atoms with Crippen molar-refractivity contribution in [3.8, 4) is 11.5 Å². The molecule has 4 N–H and O–H groups in total. The second-order valence-electron chi connectivity index (χ2n) is 3.70. The molecule has 1 aromatic carbocycles. The van der Waals surface area contributed by atoms with E-state index in [0.717, 1.165) is 18.3 Å². The smallest absolute Gasteiger partial charge is 0.363 e. The SMILES string of the molecule is O=c1nc(N/N=C/c2cc([N+](=O)[O-])c(O)cc2O)cn[nH]1. The molecule has 21 heavy (non-hydrogen) atoms. The number of hydrogen-bond acceptors (Lipinski definition) is 9. The monoisotopic (exact) mass is 292 g/mol. The van der Waals surface area contributed by atoms with Gasteiger partial charge in [-0.2, -0.15) is 15.2 Å². The molecule has 0 aliphatic heterocycles. The Labute approximate surface area is 115 Å². The van der Waals surface area contributed by atoms with E-state index in [1.54, 1.807) is 0 Å². The molecule has 0 radical (unpaired) electrons. The van der Waals surface area contributed by atoms with Gasteiger partial charge in [-0.3, -0.25) is 15.5 Å². The highest BCUT2D eigenvalue weighted by molar-refractivity contribution is 5.85. The number of anilines is 1. The molecular formula is C10H8N6O5. The lowest BCUT2D eigenvalue weighted by Crippen LogP contribution is -2.13. The van der Waals surface area contributed by atoms with Crippen LogP contribution in [0, 0.1) is 10.1 Å². The van der Waals surface area contributed by atoms with E-state index in [2.05, 4.69) is 25.7 Å². The summed E-state index contributed by atoms with van der Waals surface area (Å²) in [4.78, 5) is 24.2. The van der Waals surface area contributed by atoms with Crippen LogP contribution < -0.4 is 11.1 Å². The van der Waals surface area contributed by atoms with Crippen LogP contribution in [0.4, 0.5) is 11.5 Å². The Hall–Kier alpha value is -3.50. The molecule has 0 aliphatic carbocycles. The number of nitrogens with zero attached hydrogens (tertiary/aromatic N) is 4. The lowest BCUT2D eigenvalue weighted by molar-refractivity contribution is -0.385. The Morgan fingerprint density at radius 2 is 2.14 bits per heavy atom. The first-order valence-corrected chi connectivity index (χ1v) is 5.38. The Kier molecular flexibility index (Phi) is 3.74. The summed E-state index contributed by atoms with van der Waals surface area (Å²) in [6.07, 6.45) is 2.25. The number of aromatic amines is 1. The van der Waals surface area contributed by atoms with Gasteiger partial charge < -0.3 is 10.2 Å². The van der Waals surface area contributed by atoms with Crippen LogP contribution in [-0.4, -0.2) is 36.5 Å². The number of aromatic hydroxyl groups is 2. The van der Waals surface area contributed by atoms with Gasteiger partial charge in [0, 0.05) is 17.7 Å². The maximum atomic E-state index is 10.9. The second-order valence-corrected chi connectivity index (χ2v) is 3.70. The summed E-state index contributed by atoms with van der Waals surface area (Å²) in [5.74, 6) is -1.02. The van der Waals surface area contributed by atoms with Crippen molar-refractivity contribution in [3.05, 3.63) is 44.5 Å². The quantitative estimate of drug-likeness (QED) is 0.345. The summed E-state index contributed by atoms with van der Waals surface area (Å²) in [6.45, 7) is 0. The molecule has 1 aromatic heterocycles. The van der Waals surface area contributed by atoms with Crippen molar-refractivity contribution in [2.24, 2.45) is 5.10 Å². The van der Waals surface area contributed by atoms with Gasteiger partial charge >= 0.3 is 11.4 Å². The molecule has 0 atom stereocenters. The van der Waals surface area contributed by atoms with Crippen molar-refractivity contribution < 1.29 is 15.1 Å².